The first-order valence-corrected chi connectivity index (χ1v) is 13.0. The summed E-state index contributed by atoms with van der Waals surface area (Å²) in [5.74, 6) is -0.840. The maximum atomic E-state index is 13.5. The minimum absolute atomic E-state index is 0.00290. The standard InChI is InChI=1S/C28H26N4O4S/c1-21(33)30-25-14-16-26(17-15-25)37(35,36)32(19-22-8-3-2-4-9-22)20-28(34)31-29-18-24-12-7-11-23-10-5-6-13-27(23)24/h2-18H,19-20H2,1H3,(H,30,33)(H,31,34)/b29-18-. The number of anilines is 1. The zero-order valence-corrected chi connectivity index (χ0v) is 21.0. The lowest BCUT2D eigenvalue weighted by Crippen LogP contribution is -2.39. The van der Waals surface area contributed by atoms with Gasteiger partial charge in [-0.1, -0.05) is 72.8 Å². The third-order valence-corrected chi connectivity index (χ3v) is 7.36. The lowest BCUT2D eigenvalue weighted by molar-refractivity contribution is -0.121. The summed E-state index contributed by atoms with van der Waals surface area (Å²) in [6.45, 7) is 0.933. The number of benzene rings is 4. The van der Waals surface area contributed by atoms with Crippen LogP contribution in [0.1, 0.15) is 18.1 Å². The smallest absolute Gasteiger partial charge is 0.255 e. The summed E-state index contributed by atoms with van der Waals surface area (Å²) in [6.07, 6.45) is 1.54. The second kappa shape index (κ2) is 11.6. The topological polar surface area (TPSA) is 108 Å². The van der Waals surface area contributed by atoms with E-state index in [0.29, 0.717) is 5.69 Å². The molecular formula is C28H26N4O4S. The van der Waals surface area contributed by atoms with E-state index >= 15 is 0 Å². The molecule has 0 aliphatic rings. The van der Waals surface area contributed by atoms with Crippen LogP contribution >= 0.6 is 0 Å². The highest BCUT2D eigenvalue weighted by atomic mass is 32.2. The summed E-state index contributed by atoms with van der Waals surface area (Å²) >= 11 is 0. The molecule has 0 aromatic heterocycles. The SMILES string of the molecule is CC(=O)Nc1ccc(S(=O)(=O)N(CC(=O)N/N=C\c2cccc3ccccc23)Cc2ccccc2)cc1. The van der Waals surface area contributed by atoms with Crippen molar-refractivity contribution in [1.82, 2.24) is 9.73 Å². The van der Waals surface area contributed by atoms with Gasteiger partial charge in [-0.3, -0.25) is 9.59 Å². The molecule has 37 heavy (non-hydrogen) atoms. The molecule has 0 unspecified atom stereocenters. The Morgan fingerprint density at radius 1 is 0.865 bits per heavy atom. The number of hydrogen-bond acceptors (Lipinski definition) is 5. The van der Waals surface area contributed by atoms with E-state index in [0.717, 1.165) is 26.2 Å². The molecule has 188 valence electrons. The number of carbonyl (C=O) groups excluding carboxylic acids is 2. The van der Waals surface area contributed by atoms with Crippen molar-refractivity contribution in [1.29, 1.82) is 0 Å². The van der Waals surface area contributed by atoms with Gasteiger partial charge in [0.25, 0.3) is 5.91 Å². The molecule has 0 spiro atoms. The normalized spacial score (nSPS) is 11.6. The Morgan fingerprint density at radius 2 is 1.54 bits per heavy atom. The van der Waals surface area contributed by atoms with Crippen LogP contribution in [0.4, 0.5) is 5.69 Å². The zero-order chi connectivity index (χ0) is 26.3. The summed E-state index contributed by atoms with van der Waals surface area (Å²) in [7, 11) is -4.04. The Bertz CT molecular complexity index is 1530. The lowest BCUT2D eigenvalue weighted by Gasteiger charge is -2.21. The number of hydrogen-bond donors (Lipinski definition) is 2. The van der Waals surface area contributed by atoms with Gasteiger partial charge < -0.3 is 5.32 Å². The fourth-order valence-electron chi connectivity index (χ4n) is 3.81. The predicted molar refractivity (Wildman–Crippen MR) is 144 cm³/mol. The van der Waals surface area contributed by atoms with Crippen LogP contribution in [-0.2, 0) is 26.2 Å². The first kappa shape index (κ1) is 25.7. The van der Waals surface area contributed by atoms with E-state index in [1.165, 1.54) is 37.4 Å². The molecule has 4 rings (SSSR count). The van der Waals surface area contributed by atoms with Crippen molar-refractivity contribution in [3.8, 4) is 0 Å². The number of carbonyl (C=O) groups is 2. The van der Waals surface area contributed by atoms with Crippen LogP contribution in [0.3, 0.4) is 0 Å². The van der Waals surface area contributed by atoms with E-state index in [1.54, 1.807) is 24.3 Å². The van der Waals surface area contributed by atoms with Crippen LogP contribution in [0.15, 0.2) is 107 Å². The fraction of sp³-hybridized carbons (Fsp3) is 0.107. The lowest BCUT2D eigenvalue weighted by atomic mass is 10.1. The van der Waals surface area contributed by atoms with E-state index in [2.05, 4.69) is 15.8 Å². The first-order valence-electron chi connectivity index (χ1n) is 11.5. The predicted octanol–water partition coefficient (Wildman–Crippen LogP) is 4.14. The molecule has 4 aromatic rings. The summed E-state index contributed by atoms with van der Waals surface area (Å²) in [5, 5.41) is 8.69. The Labute approximate surface area is 215 Å². The average molecular weight is 515 g/mol. The molecule has 2 N–H and O–H groups in total. The van der Waals surface area contributed by atoms with Crippen LogP contribution in [-0.4, -0.2) is 37.3 Å². The van der Waals surface area contributed by atoms with Gasteiger partial charge in [0.15, 0.2) is 0 Å². The van der Waals surface area contributed by atoms with Crippen LogP contribution in [0, 0.1) is 0 Å². The molecule has 0 radical (unpaired) electrons. The molecule has 0 bridgehead atoms. The zero-order valence-electron chi connectivity index (χ0n) is 20.2. The Morgan fingerprint density at radius 3 is 2.27 bits per heavy atom. The number of rotatable bonds is 9. The summed E-state index contributed by atoms with van der Waals surface area (Å²) in [6, 6.07) is 28.4. The molecule has 9 heteroatoms. The van der Waals surface area contributed by atoms with E-state index in [-0.39, 0.29) is 17.3 Å². The summed E-state index contributed by atoms with van der Waals surface area (Å²) in [4.78, 5) is 24.1. The number of sulfonamides is 1. The molecule has 0 atom stereocenters. The molecule has 0 aliphatic carbocycles. The number of nitrogens with zero attached hydrogens (tertiary/aromatic N) is 2. The fourth-order valence-corrected chi connectivity index (χ4v) is 5.19. The summed E-state index contributed by atoms with van der Waals surface area (Å²) < 4.78 is 28.0. The molecule has 8 nitrogen and oxygen atoms in total. The third-order valence-electron chi connectivity index (χ3n) is 5.55. The molecule has 0 fully saturated rings. The highest BCUT2D eigenvalue weighted by molar-refractivity contribution is 7.89. The number of amides is 2. The third kappa shape index (κ3) is 6.66. The molecular weight excluding hydrogens is 488 g/mol. The van der Waals surface area contributed by atoms with Crippen molar-refractivity contribution in [2.24, 2.45) is 5.10 Å². The van der Waals surface area contributed by atoms with Gasteiger partial charge in [0.05, 0.1) is 17.7 Å². The monoisotopic (exact) mass is 514 g/mol. The highest BCUT2D eigenvalue weighted by Crippen LogP contribution is 2.21. The highest BCUT2D eigenvalue weighted by Gasteiger charge is 2.27. The van der Waals surface area contributed by atoms with Crippen LogP contribution < -0.4 is 10.7 Å². The minimum atomic E-state index is -4.04. The number of nitrogens with one attached hydrogen (secondary N) is 2. The minimum Gasteiger partial charge on any atom is -0.326 e. The van der Waals surface area contributed by atoms with Crippen molar-refractivity contribution >= 4 is 44.5 Å². The van der Waals surface area contributed by atoms with Gasteiger partial charge in [0, 0.05) is 24.7 Å². The molecule has 0 saturated carbocycles. The van der Waals surface area contributed by atoms with E-state index in [1.807, 2.05) is 48.5 Å². The number of fused-ring (bicyclic) bond motifs is 1. The first-order chi connectivity index (χ1) is 17.8. The summed E-state index contributed by atoms with van der Waals surface area (Å²) in [5.41, 5.74) is 4.47. The van der Waals surface area contributed by atoms with E-state index < -0.39 is 22.5 Å². The van der Waals surface area contributed by atoms with Gasteiger partial charge in [-0.2, -0.15) is 9.41 Å². The largest absolute Gasteiger partial charge is 0.326 e. The van der Waals surface area contributed by atoms with Crippen LogP contribution in [0.5, 0.6) is 0 Å². The maximum Gasteiger partial charge on any atom is 0.255 e. The second-order valence-corrected chi connectivity index (χ2v) is 10.3. The van der Waals surface area contributed by atoms with Gasteiger partial charge >= 0.3 is 0 Å². The molecule has 0 heterocycles. The van der Waals surface area contributed by atoms with E-state index in [9.17, 15) is 18.0 Å². The van der Waals surface area contributed by atoms with Gasteiger partial charge in [0.2, 0.25) is 15.9 Å². The van der Waals surface area contributed by atoms with Crippen LogP contribution in [0.2, 0.25) is 0 Å². The Hall–Kier alpha value is -4.34. The maximum absolute atomic E-state index is 13.5. The second-order valence-electron chi connectivity index (χ2n) is 8.33. The van der Waals surface area contributed by atoms with Gasteiger partial charge in [0.1, 0.15) is 0 Å². The molecule has 2 amide bonds. The molecule has 4 aromatic carbocycles. The van der Waals surface area contributed by atoms with Gasteiger partial charge in [-0.05, 0) is 40.6 Å². The van der Waals surface area contributed by atoms with Crippen molar-refractivity contribution in [2.75, 3.05) is 11.9 Å². The quantitative estimate of drug-likeness (QED) is 0.259. The molecule has 0 saturated heterocycles. The number of hydrazone groups is 1. The van der Waals surface area contributed by atoms with Crippen molar-refractivity contribution in [3.05, 3.63) is 108 Å². The van der Waals surface area contributed by atoms with Crippen molar-refractivity contribution in [2.45, 2.75) is 18.4 Å². The average Bonchev–Trinajstić information content (AvgIpc) is 2.89. The van der Waals surface area contributed by atoms with Gasteiger partial charge in [-0.15, -0.1) is 0 Å². The van der Waals surface area contributed by atoms with Crippen molar-refractivity contribution < 1.29 is 18.0 Å². The Balaban J connectivity index is 1.52. The Kier molecular flexibility index (Phi) is 8.07. The van der Waals surface area contributed by atoms with Crippen LogP contribution in [0.25, 0.3) is 10.8 Å². The van der Waals surface area contributed by atoms with Gasteiger partial charge in [-0.25, -0.2) is 13.8 Å². The molecule has 0 aliphatic heterocycles. The van der Waals surface area contributed by atoms with Crippen molar-refractivity contribution in [3.63, 3.8) is 0 Å². The van der Waals surface area contributed by atoms with E-state index in [4.69, 9.17) is 0 Å².